The quantitative estimate of drug-likeness (QED) is 0.415. The number of pyridine rings is 1. The number of aryl methyl sites for hydroxylation is 2. The fraction of sp³-hybridized carbons (Fsp3) is 0.441. The molecule has 0 unspecified atom stereocenters. The van der Waals surface area contributed by atoms with Crippen molar-refractivity contribution < 1.29 is 13.2 Å². The Morgan fingerprint density at radius 1 is 1.02 bits per heavy atom. The molecule has 2 N–H and O–H groups in total. The Hall–Kier alpha value is -3.94. The van der Waals surface area contributed by atoms with Crippen molar-refractivity contribution in [1.29, 1.82) is 5.26 Å². The zero-order valence-corrected chi connectivity index (χ0v) is 26.2. The molecule has 1 aromatic heterocycles. The Morgan fingerprint density at radius 3 is 2.39 bits per heavy atom. The largest absolute Gasteiger partial charge is 0.370 e. The number of anilines is 2. The maximum Gasteiger partial charge on any atom is 0.254 e. The number of aromatic nitrogens is 1. The summed E-state index contributed by atoms with van der Waals surface area (Å²) in [7, 11) is -3.93. The van der Waals surface area contributed by atoms with Gasteiger partial charge in [-0.1, -0.05) is 25.6 Å². The number of hydrogen-bond donors (Lipinski definition) is 1. The summed E-state index contributed by atoms with van der Waals surface area (Å²) >= 11 is 0. The van der Waals surface area contributed by atoms with Gasteiger partial charge in [0.2, 0.25) is 10.0 Å². The first-order chi connectivity index (χ1) is 20.5. The third-order valence-corrected chi connectivity index (χ3v) is 9.99. The van der Waals surface area contributed by atoms with E-state index in [1.54, 1.807) is 12.3 Å². The van der Waals surface area contributed by atoms with Crippen molar-refractivity contribution in [2.24, 2.45) is 11.1 Å². The lowest BCUT2D eigenvalue weighted by Crippen LogP contribution is -2.54. The van der Waals surface area contributed by atoms with Gasteiger partial charge in [0, 0.05) is 50.5 Å². The van der Waals surface area contributed by atoms with Crippen LogP contribution < -0.4 is 14.9 Å². The molecule has 0 spiro atoms. The molecule has 3 heterocycles. The summed E-state index contributed by atoms with van der Waals surface area (Å²) in [6, 6.07) is 15.1. The van der Waals surface area contributed by atoms with Gasteiger partial charge in [-0.2, -0.15) is 5.26 Å². The molecular weight excluding hydrogens is 572 g/mol. The number of carbonyl (C=O) groups is 1. The van der Waals surface area contributed by atoms with E-state index in [-0.39, 0.29) is 24.3 Å². The van der Waals surface area contributed by atoms with Crippen molar-refractivity contribution in [3.63, 3.8) is 0 Å². The normalized spacial score (nSPS) is 17.6. The number of para-hydroxylation sites is 1. The van der Waals surface area contributed by atoms with Crippen molar-refractivity contribution in [2.75, 3.05) is 42.5 Å². The minimum atomic E-state index is -3.93. The van der Waals surface area contributed by atoms with E-state index in [1.807, 2.05) is 47.9 Å². The van der Waals surface area contributed by atoms with Gasteiger partial charge in [-0.15, -0.1) is 0 Å². The number of piperidine rings is 1. The average molecular weight is 617 g/mol. The second kappa shape index (κ2) is 13.4. The summed E-state index contributed by atoms with van der Waals surface area (Å²) in [6.07, 6.45) is 4.54. The molecule has 0 bridgehead atoms. The molecule has 2 fully saturated rings. The van der Waals surface area contributed by atoms with Gasteiger partial charge < -0.3 is 14.7 Å². The monoisotopic (exact) mass is 616 g/mol. The highest BCUT2D eigenvalue weighted by atomic mass is 32.2. The molecule has 0 aliphatic carbocycles. The summed E-state index contributed by atoms with van der Waals surface area (Å²) in [6.45, 7) is 11.4. The molecule has 1 atom stereocenters. The number of nitrogens with zero attached hydrogens (tertiary/aromatic N) is 5. The fourth-order valence-corrected chi connectivity index (χ4v) is 7.52. The number of benzene rings is 2. The molecule has 9 nitrogen and oxygen atoms in total. The Bertz CT molecular complexity index is 1670. The van der Waals surface area contributed by atoms with Crippen LogP contribution in [-0.4, -0.2) is 63.0 Å². The van der Waals surface area contributed by atoms with Crippen molar-refractivity contribution in [1.82, 2.24) is 9.88 Å². The van der Waals surface area contributed by atoms with Crippen molar-refractivity contribution >= 4 is 27.4 Å². The number of carbonyl (C=O) groups excluding carboxylic acids is 1. The highest BCUT2D eigenvalue weighted by molar-refractivity contribution is 7.89. The van der Waals surface area contributed by atoms with Crippen molar-refractivity contribution in [3.05, 3.63) is 82.0 Å². The van der Waals surface area contributed by atoms with Gasteiger partial charge in [-0.05, 0) is 99.4 Å². The number of hydrogen-bond acceptors (Lipinski definition) is 7. The average Bonchev–Trinajstić information content (AvgIpc) is 2.99. The molecule has 1 amide bonds. The van der Waals surface area contributed by atoms with Crippen LogP contribution in [0, 0.1) is 38.0 Å². The second-order valence-corrected chi connectivity index (χ2v) is 13.4. The van der Waals surface area contributed by atoms with Crippen LogP contribution in [0.15, 0.2) is 53.6 Å². The predicted octanol–water partition coefficient (Wildman–Crippen LogP) is 4.97. The highest BCUT2D eigenvalue weighted by Crippen LogP contribution is 2.32. The molecule has 2 aliphatic rings. The van der Waals surface area contributed by atoms with E-state index < -0.39 is 10.0 Å². The lowest BCUT2D eigenvalue weighted by atomic mass is 9.83. The highest BCUT2D eigenvalue weighted by Gasteiger charge is 2.33. The molecule has 44 heavy (non-hydrogen) atoms. The molecule has 0 saturated carbocycles. The number of sulfonamides is 1. The third kappa shape index (κ3) is 6.59. The molecule has 2 aromatic carbocycles. The first-order valence-corrected chi connectivity index (χ1v) is 16.4. The molecule has 234 valence electrons. The molecule has 2 aliphatic heterocycles. The lowest BCUT2D eigenvalue weighted by molar-refractivity contribution is 0.0671. The third-order valence-electron chi connectivity index (χ3n) is 9.06. The SMILES string of the molecule is C.Cc1cc(C)c(C(=O)N2CCN(c3ncccc3S(N)(=O)=O)C[C@@H]2C)c(C)c1CC1CCN(c2ccccc2C#N)CC1. The van der Waals surface area contributed by atoms with Gasteiger partial charge in [0.1, 0.15) is 16.8 Å². The maximum absolute atomic E-state index is 14.1. The van der Waals surface area contributed by atoms with Gasteiger partial charge in [-0.25, -0.2) is 18.5 Å². The fourth-order valence-electron chi connectivity index (χ4n) is 6.82. The van der Waals surface area contributed by atoms with Gasteiger partial charge >= 0.3 is 0 Å². The van der Waals surface area contributed by atoms with Crippen molar-refractivity contribution in [2.45, 2.75) is 65.3 Å². The van der Waals surface area contributed by atoms with Gasteiger partial charge in [0.25, 0.3) is 5.91 Å². The summed E-state index contributed by atoms with van der Waals surface area (Å²) in [5, 5.41) is 15.0. The van der Waals surface area contributed by atoms with E-state index in [4.69, 9.17) is 5.14 Å². The number of nitrogens with two attached hydrogens (primary N) is 1. The molecular formula is C34H44N6O3S. The predicted molar refractivity (Wildman–Crippen MR) is 176 cm³/mol. The van der Waals surface area contributed by atoms with Crippen LogP contribution in [0.3, 0.4) is 0 Å². The minimum Gasteiger partial charge on any atom is -0.370 e. The summed E-state index contributed by atoms with van der Waals surface area (Å²) in [5.41, 5.74) is 6.99. The van der Waals surface area contributed by atoms with Crippen LogP contribution in [0.25, 0.3) is 0 Å². The maximum atomic E-state index is 14.1. The lowest BCUT2D eigenvalue weighted by Gasteiger charge is -2.41. The molecule has 10 heteroatoms. The summed E-state index contributed by atoms with van der Waals surface area (Å²) < 4.78 is 24.3. The zero-order valence-electron chi connectivity index (χ0n) is 25.4. The van der Waals surface area contributed by atoms with Crippen LogP contribution in [-0.2, 0) is 16.4 Å². The smallest absolute Gasteiger partial charge is 0.254 e. The molecule has 0 radical (unpaired) electrons. The number of piperazine rings is 1. The summed E-state index contributed by atoms with van der Waals surface area (Å²) in [4.78, 5) is 24.5. The van der Waals surface area contributed by atoms with Crippen molar-refractivity contribution in [3.8, 4) is 6.07 Å². The molecule has 3 aromatic rings. The Labute approximate surface area is 262 Å². The van der Waals surface area contributed by atoms with E-state index in [0.717, 1.165) is 54.7 Å². The van der Waals surface area contributed by atoms with Crippen LogP contribution in [0.2, 0.25) is 0 Å². The van der Waals surface area contributed by atoms with E-state index >= 15 is 0 Å². The Balaban J connectivity index is 0.00000442. The van der Waals surface area contributed by atoms with Crippen LogP contribution >= 0.6 is 0 Å². The number of primary sulfonamides is 1. The first-order valence-electron chi connectivity index (χ1n) is 14.9. The Morgan fingerprint density at radius 2 is 1.73 bits per heavy atom. The van der Waals surface area contributed by atoms with E-state index in [9.17, 15) is 18.5 Å². The van der Waals surface area contributed by atoms with Gasteiger partial charge in [0.05, 0.1) is 11.3 Å². The van der Waals surface area contributed by atoms with Crippen LogP contribution in [0.1, 0.15) is 65.4 Å². The van der Waals surface area contributed by atoms with E-state index in [1.165, 1.54) is 17.2 Å². The first kappa shape index (κ1) is 33.0. The molecule has 2 saturated heterocycles. The summed E-state index contributed by atoms with van der Waals surface area (Å²) in [5.74, 6) is 0.845. The standard InChI is InChI=1S/C33H40N6O3S.CH4/c1-22-18-23(2)31(25(4)28(22)19-26-11-14-37(15-12-26)29-9-6-5-8-27(29)20-34)33(40)39-17-16-38(21-24(39)3)32-30(43(35,41)42)10-7-13-36-32;/h5-10,13,18,24,26H,11-12,14-17,19,21H2,1-4H3,(H2,35,41,42);1H4/t24-;/m0./s1. The second-order valence-electron chi connectivity index (χ2n) is 11.9. The number of amides is 1. The Kier molecular flexibility index (Phi) is 10.0. The van der Waals surface area contributed by atoms with E-state index in [0.29, 0.717) is 36.9 Å². The number of rotatable bonds is 6. The number of nitriles is 1. The molecule has 5 rings (SSSR count). The van der Waals surface area contributed by atoms with Gasteiger partial charge in [0.15, 0.2) is 0 Å². The van der Waals surface area contributed by atoms with Crippen LogP contribution in [0.5, 0.6) is 0 Å². The van der Waals surface area contributed by atoms with Gasteiger partial charge in [-0.3, -0.25) is 4.79 Å². The van der Waals surface area contributed by atoms with E-state index in [2.05, 4.69) is 35.9 Å². The van der Waals surface area contributed by atoms with Crippen LogP contribution in [0.4, 0.5) is 11.5 Å². The minimum absolute atomic E-state index is 0. The topological polar surface area (TPSA) is 124 Å². The zero-order chi connectivity index (χ0) is 30.9.